The van der Waals surface area contributed by atoms with Crippen molar-refractivity contribution in [3.63, 3.8) is 0 Å². The van der Waals surface area contributed by atoms with E-state index in [1.165, 1.54) is 0 Å². The fourth-order valence-electron chi connectivity index (χ4n) is 1.84. The summed E-state index contributed by atoms with van der Waals surface area (Å²) in [6.45, 7) is 6.82. The van der Waals surface area contributed by atoms with E-state index in [-0.39, 0.29) is 5.91 Å². The van der Waals surface area contributed by atoms with Crippen LogP contribution in [0.15, 0.2) is 12.5 Å². The van der Waals surface area contributed by atoms with Crippen LogP contribution in [0.5, 0.6) is 0 Å². The van der Waals surface area contributed by atoms with Crippen LogP contribution in [0.3, 0.4) is 0 Å². The maximum atomic E-state index is 11.9. The molecule has 1 rings (SSSR count). The molecule has 1 radical (unpaired) electrons. The zero-order valence-electron chi connectivity index (χ0n) is 10.9. The number of hydrogen-bond acceptors (Lipinski definition) is 2. The van der Waals surface area contributed by atoms with Crippen molar-refractivity contribution in [3.8, 4) is 0 Å². The van der Waals surface area contributed by atoms with Crippen molar-refractivity contribution >= 4 is 5.91 Å². The zero-order valence-corrected chi connectivity index (χ0v) is 10.9. The van der Waals surface area contributed by atoms with Gasteiger partial charge < -0.3 is 9.47 Å². The molecule has 0 bridgehead atoms. The van der Waals surface area contributed by atoms with E-state index in [2.05, 4.69) is 25.0 Å². The Morgan fingerprint density at radius 3 is 2.59 bits per heavy atom. The highest BCUT2D eigenvalue weighted by Crippen LogP contribution is 2.02. The number of carbonyl (C=O) groups excluding carboxylic acids is 1. The van der Waals surface area contributed by atoms with Crippen LogP contribution in [0.2, 0.25) is 0 Å². The van der Waals surface area contributed by atoms with Gasteiger partial charge in [-0.15, -0.1) is 0 Å². The first kappa shape index (κ1) is 13.7. The predicted molar refractivity (Wildman–Crippen MR) is 67.5 cm³/mol. The molecule has 0 aliphatic carbocycles. The van der Waals surface area contributed by atoms with Gasteiger partial charge in [0.15, 0.2) is 0 Å². The number of imidazole rings is 1. The van der Waals surface area contributed by atoms with Gasteiger partial charge in [-0.05, 0) is 19.3 Å². The van der Waals surface area contributed by atoms with Crippen LogP contribution >= 0.6 is 0 Å². The Balaban J connectivity index is 2.26. The molecule has 0 aliphatic rings. The van der Waals surface area contributed by atoms with E-state index in [0.717, 1.165) is 38.9 Å². The lowest BCUT2D eigenvalue weighted by atomic mass is 10.2. The van der Waals surface area contributed by atoms with Crippen LogP contribution < -0.4 is 0 Å². The van der Waals surface area contributed by atoms with Crippen molar-refractivity contribution in [2.75, 3.05) is 13.1 Å². The van der Waals surface area contributed by atoms with Crippen molar-refractivity contribution in [1.82, 2.24) is 14.5 Å². The minimum Gasteiger partial charge on any atom is -0.343 e. The number of carbonyl (C=O) groups is 1. The van der Waals surface area contributed by atoms with Gasteiger partial charge in [0.2, 0.25) is 5.91 Å². The zero-order chi connectivity index (χ0) is 12.5. The Labute approximate surface area is 104 Å². The second-order valence-corrected chi connectivity index (χ2v) is 4.22. The summed E-state index contributed by atoms with van der Waals surface area (Å²) >= 11 is 0. The molecule has 1 heterocycles. The lowest BCUT2D eigenvalue weighted by molar-refractivity contribution is -0.131. The smallest absolute Gasteiger partial charge is 0.222 e. The third kappa shape index (κ3) is 5.02. The number of aryl methyl sites for hydroxylation is 1. The van der Waals surface area contributed by atoms with Crippen LogP contribution in [-0.2, 0) is 11.3 Å². The number of rotatable bonds is 8. The van der Waals surface area contributed by atoms with Crippen LogP contribution in [0.25, 0.3) is 0 Å². The van der Waals surface area contributed by atoms with Crippen molar-refractivity contribution in [2.24, 2.45) is 0 Å². The first-order valence-electron chi connectivity index (χ1n) is 6.43. The third-order valence-electron chi connectivity index (χ3n) is 2.65. The molecular formula is C13H22N3O. The predicted octanol–water partition coefficient (Wildman–Crippen LogP) is 2.11. The third-order valence-corrected chi connectivity index (χ3v) is 2.65. The summed E-state index contributed by atoms with van der Waals surface area (Å²) in [5, 5.41) is 0. The van der Waals surface area contributed by atoms with E-state index in [1.54, 1.807) is 12.5 Å². The molecule has 0 spiro atoms. The van der Waals surface area contributed by atoms with E-state index in [4.69, 9.17) is 0 Å². The van der Waals surface area contributed by atoms with Crippen molar-refractivity contribution in [3.05, 3.63) is 18.7 Å². The van der Waals surface area contributed by atoms with Gasteiger partial charge in [0.05, 0.1) is 6.33 Å². The summed E-state index contributed by atoms with van der Waals surface area (Å²) < 4.78 is 1.96. The molecule has 1 aromatic heterocycles. The Morgan fingerprint density at radius 1 is 1.35 bits per heavy atom. The normalized spacial score (nSPS) is 10.5. The largest absolute Gasteiger partial charge is 0.343 e. The SMILES string of the molecule is CCCN(CCC)C(=O)CCCn1c[c]nc1. The van der Waals surface area contributed by atoms with Crippen LogP contribution in [0, 0.1) is 6.20 Å². The number of nitrogens with zero attached hydrogens (tertiary/aromatic N) is 3. The molecule has 17 heavy (non-hydrogen) atoms. The molecule has 0 fully saturated rings. The molecule has 0 aliphatic heterocycles. The van der Waals surface area contributed by atoms with Gasteiger partial charge in [0.25, 0.3) is 0 Å². The molecule has 1 aromatic rings. The fraction of sp³-hybridized carbons (Fsp3) is 0.692. The number of hydrogen-bond donors (Lipinski definition) is 0. The average molecular weight is 236 g/mol. The second-order valence-electron chi connectivity index (χ2n) is 4.22. The molecule has 0 N–H and O–H groups in total. The highest BCUT2D eigenvalue weighted by molar-refractivity contribution is 5.76. The molecule has 4 heteroatoms. The number of amides is 1. The summed E-state index contributed by atoms with van der Waals surface area (Å²) in [5.41, 5.74) is 0. The standard InChI is InChI=1S/C13H22N3O/c1-3-8-16(9-4-2)13(17)6-5-10-15-11-7-14-12-15/h11-12H,3-6,8-10H2,1-2H3. The van der Waals surface area contributed by atoms with Crippen molar-refractivity contribution in [2.45, 2.75) is 46.1 Å². The summed E-state index contributed by atoms with van der Waals surface area (Å²) in [5.74, 6) is 0.276. The molecule has 0 atom stereocenters. The van der Waals surface area contributed by atoms with Gasteiger partial charge >= 0.3 is 0 Å². The van der Waals surface area contributed by atoms with E-state index in [0.29, 0.717) is 6.42 Å². The van der Waals surface area contributed by atoms with E-state index < -0.39 is 0 Å². The monoisotopic (exact) mass is 236 g/mol. The molecule has 0 saturated heterocycles. The lowest BCUT2D eigenvalue weighted by Gasteiger charge is -2.21. The minimum absolute atomic E-state index is 0.276. The molecule has 95 valence electrons. The Kier molecular flexibility index (Phi) is 6.37. The summed E-state index contributed by atoms with van der Waals surface area (Å²) in [4.78, 5) is 17.8. The second kappa shape index (κ2) is 7.87. The highest BCUT2D eigenvalue weighted by Gasteiger charge is 2.10. The summed E-state index contributed by atoms with van der Waals surface area (Å²) in [7, 11) is 0. The Morgan fingerprint density at radius 2 is 2.06 bits per heavy atom. The summed E-state index contributed by atoms with van der Waals surface area (Å²) in [6.07, 6.45) is 9.84. The molecule has 4 nitrogen and oxygen atoms in total. The first-order valence-corrected chi connectivity index (χ1v) is 6.43. The van der Waals surface area contributed by atoms with E-state index >= 15 is 0 Å². The van der Waals surface area contributed by atoms with Gasteiger partial charge in [-0.3, -0.25) is 4.79 Å². The Bertz CT molecular complexity index is 302. The molecule has 0 aromatic carbocycles. The van der Waals surface area contributed by atoms with Gasteiger partial charge in [-0.2, -0.15) is 0 Å². The maximum Gasteiger partial charge on any atom is 0.222 e. The lowest BCUT2D eigenvalue weighted by Crippen LogP contribution is -2.32. The highest BCUT2D eigenvalue weighted by atomic mass is 16.2. The topological polar surface area (TPSA) is 38.1 Å². The van der Waals surface area contributed by atoms with E-state index in [9.17, 15) is 4.79 Å². The van der Waals surface area contributed by atoms with Gasteiger partial charge in [0, 0.05) is 32.3 Å². The molecule has 0 saturated carbocycles. The van der Waals surface area contributed by atoms with Crippen molar-refractivity contribution in [1.29, 1.82) is 0 Å². The average Bonchev–Trinajstić information content (AvgIpc) is 2.81. The Hall–Kier alpha value is -1.32. The molecule has 0 unspecified atom stereocenters. The quantitative estimate of drug-likeness (QED) is 0.693. The molecular weight excluding hydrogens is 214 g/mol. The number of aromatic nitrogens is 2. The van der Waals surface area contributed by atoms with Crippen LogP contribution in [0.4, 0.5) is 0 Å². The van der Waals surface area contributed by atoms with Gasteiger partial charge in [-0.25, -0.2) is 4.98 Å². The minimum atomic E-state index is 0.276. The van der Waals surface area contributed by atoms with Crippen LogP contribution in [0.1, 0.15) is 39.5 Å². The fourth-order valence-corrected chi connectivity index (χ4v) is 1.84. The van der Waals surface area contributed by atoms with Crippen molar-refractivity contribution < 1.29 is 4.79 Å². The van der Waals surface area contributed by atoms with Crippen LogP contribution in [-0.4, -0.2) is 33.4 Å². The first-order chi connectivity index (χ1) is 8.27. The molecule has 1 amide bonds. The summed E-state index contributed by atoms with van der Waals surface area (Å²) in [6, 6.07) is 0. The van der Waals surface area contributed by atoms with E-state index in [1.807, 2.05) is 9.47 Å². The van der Waals surface area contributed by atoms with Gasteiger partial charge in [0.1, 0.15) is 6.20 Å². The van der Waals surface area contributed by atoms with Gasteiger partial charge in [-0.1, -0.05) is 13.8 Å². The maximum absolute atomic E-state index is 11.9.